The molecule has 1 aliphatic heterocycles. The molecule has 1 aliphatic rings. The second-order valence-electron chi connectivity index (χ2n) is 8.46. The van der Waals surface area contributed by atoms with Gasteiger partial charge in [-0.1, -0.05) is 62.4 Å². The molecular weight excluding hydrogens is 428 g/mol. The van der Waals surface area contributed by atoms with Crippen LogP contribution in [-0.4, -0.2) is 17.6 Å². The average molecular weight is 453 g/mol. The van der Waals surface area contributed by atoms with Crippen molar-refractivity contribution in [3.8, 4) is 0 Å². The quantitative estimate of drug-likeness (QED) is 0.569. The largest absolute Gasteiger partial charge is 0.466 e. The van der Waals surface area contributed by atoms with Gasteiger partial charge in [-0.3, -0.25) is 9.36 Å². The number of aromatic nitrogens is 1. The van der Waals surface area contributed by atoms with Crippen molar-refractivity contribution in [3.05, 3.63) is 88.7 Å². The fourth-order valence-electron chi connectivity index (χ4n) is 3.64. The number of nitrogens with zero attached hydrogens (tertiary/aromatic N) is 2. The van der Waals surface area contributed by atoms with E-state index in [1.54, 1.807) is 11.5 Å². The maximum Gasteiger partial charge on any atom is 0.338 e. The van der Waals surface area contributed by atoms with Gasteiger partial charge in [-0.05, 0) is 41.0 Å². The number of fused-ring (bicyclic) bond motifs is 1. The van der Waals surface area contributed by atoms with Crippen LogP contribution in [0.4, 0.5) is 0 Å². The van der Waals surface area contributed by atoms with Crippen molar-refractivity contribution in [2.75, 3.05) is 7.11 Å². The van der Waals surface area contributed by atoms with Gasteiger partial charge in [0.05, 0.1) is 22.9 Å². The first-order chi connectivity index (χ1) is 14.7. The topological polar surface area (TPSA) is 60.7 Å². The molecule has 3 aromatic rings. The Kier molecular flexibility index (Phi) is 5.58. The highest BCUT2D eigenvalue weighted by molar-refractivity contribution is 7.10. The molecule has 4 rings (SSSR count). The highest BCUT2D eigenvalue weighted by atomic mass is 32.1. The minimum atomic E-state index is -0.533. The maximum absolute atomic E-state index is 13.4. The number of methoxy groups -OCH3 is 1. The normalized spacial score (nSPS) is 16.8. The first kappa shape index (κ1) is 21.5. The summed E-state index contributed by atoms with van der Waals surface area (Å²) in [6.45, 7) is 8.30. The van der Waals surface area contributed by atoms with Crippen molar-refractivity contribution < 1.29 is 9.53 Å². The average Bonchev–Trinajstić information content (AvgIpc) is 3.35. The molecule has 3 heterocycles. The zero-order valence-corrected chi connectivity index (χ0v) is 19.8. The second-order valence-corrected chi connectivity index (χ2v) is 10.4. The Morgan fingerprint density at radius 3 is 2.48 bits per heavy atom. The van der Waals surface area contributed by atoms with E-state index in [9.17, 15) is 9.59 Å². The van der Waals surface area contributed by atoms with Crippen LogP contribution in [0.2, 0.25) is 0 Å². The maximum atomic E-state index is 13.4. The minimum absolute atomic E-state index is 0.0698. The monoisotopic (exact) mass is 452 g/mol. The predicted molar refractivity (Wildman–Crippen MR) is 125 cm³/mol. The second kappa shape index (κ2) is 8.05. The molecule has 0 bridgehead atoms. The number of thiophene rings is 1. The zero-order valence-electron chi connectivity index (χ0n) is 18.1. The van der Waals surface area contributed by atoms with Crippen molar-refractivity contribution in [2.45, 2.75) is 39.2 Å². The molecule has 1 atom stereocenters. The lowest BCUT2D eigenvalue weighted by Gasteiger charge is -2.22. The van der Waals surface area contributed by atoms with Crippen molar-refractivity contribution in [1.82, 2.24) is 4.57 Å². The van der Waals surface area contributed by atoms with Crippen LogP contribution in [0.25, 0.3) is 6.08 Å². The van der Waals surface area contributed by atoms with Crippen LogP contribution < -0.4 is 14.9 Å². The van der Waals surface area contributed by atoms with Crippen LogP contribution in [0.5, 0.6) is 0 Å². The van der Waals surface area contributed by atoms with Crippen LogP contribution in [-0.2, 0) is 14.9 Å². The molecule has 7 heteroatoms. The standard InChI is InChI=1S/C24H24N2O3S2/c1-14-19(22(28)29-5)20(17-7-6-12-30-17)26-21(27)18(31-23(26)25-14)13-15-8-10-16(11-9-15)24(2,3)4/h6-13,20H,1-5H3/b18-13+/t20-/m0/s1. The highest BCUT2D eigenvalue weighted by Gasteiger charge is 2.33. The van der Waals surface area contributed by atoms with Gasteiger partial charge in [0.1, 0.15) is 6.04 Å². The number of benzene rings is 1. The van der Waals surface area contributed by atoms with Crippen LogP contribution >= 0.6 is 22.7 Å². The summed E-state index contributed by atoms with van der Waals surface area (Å²) < 4.78 is 7.21. The Morgan fingerprint density at radius 1 is 1.19 bits per heavy atom. The Hall–Kier alpha value is -2.77. The molecule has 0 spiro atoms. The lowest BCUT2D eigenvalue weighted by atomic mass is 9.87. The van der Waals surface area contributed by atoms with Crippen LogP contribution in [0.15, 0.2) is 62.8 Å². The van der Waals surface area contributed by atoms with E-state index < -0.39 is 12.0 Å². The van der Waals surface area contributed by atoms with Crippen molar-refractivity contribution in [2.24, 2.45) is 4.99 Å². The van der Waals surface area contributed by atoms with E-state index in [4.69, 9.17) is 4.74 Å². The molecule has 2 aromatic heterocycles. The molecule has 0 amide bonds. The Labute approximate surface area is 188 Å². The van der Waals surface area contributed by atoms with Gasteiger partial charge in [-0.25, -0.2) is 9.79 Å². The fourth-order valence-corrected chi connectivity index (χ4v) is 5.51. The number of thiazole rings is 1. The SMILES string of the molecule is COC(=O)C1=C(C)N=c2s/c(=C/c3ccc(C(C)(C)C)cc3)c(=O)n2[C@H]1c1cccs1. The Balaban J connectivity index is 1.88. The first-order valence-corrected chi connectivity index (χ1v) is 11.6. The van der Waals surface area contributed by atoms with E-state index in [-0.39, 0.29) is 11.0 Å². The number of allylic oxidation sites excluding steroid dienone is 1. The third kappa shape index (κ3) is 3.95. The van der Waals surface area contributed by atoms with E-state index in [1.165, 1.54) is 35.3 Å². The number of rotatable bonds is 3. The number of ether oxygens (including phenoxy) is 1. The molecule has 0 saturated carbocycles. The van der Waals surface area contributed by atoms with Gasteiger partial charge < -0.3 is 4.74 Å². The molecule has 0 fully saturated rings. The van der Waals surface area contributed by atoms with E-state index in [0.717, 1.165) is 10.4 Å². The summed E-state index contributed by atoms with van der Waals surface area (Å²) in [6.07, 6.45) is 1.89. The fraction of sp³-hybridized carbons (Fsp3) is 0.292. The van der Waals surface area contributed by atoms with Crippen LogP contribution in [0, 0.1) is 0 Å². The summed E-state index contributed by atoms with van der Waals surface area (Å²) >= 11 is 2.84. The molecule has 0 radical (unpaired) electrons. The van der Waals surface area contributed by atoms with Crippen molar-refractivity contribution >= 4 is 34.7 Å². The highest BCUT2D eigenvalue weighted by Crippen LogP contribution is 2.33. The van der Waals surface area contributed by atoms with Gasteiger partial charge in [0, 0.05) is 4.88 Å². The lowest BCUT2D eigenvalue weighted by Crippen LogP contribution is -2.39. The summed E-state index contributed by atoms with van der Waals surface area (Å²) in [6, 6.07) is 11.6. The number of hydrogen-bond donors (Lipinski definition) is 0. The van der Waals surface area contributed by atoms with E-state index >= 15 is 0 Å². The van der Waals surface area contributed by atoms with E-state index in [0.29, 0.717) is 20.6 Å². The summed E-state index contributed by atoms with van der Waals surface area (Å²) in [5, 5.41) is 1.94. The summed E-state index contributed by atoms with van der Waals surface area (Å²) in [4.78, 5) is 32.0. The van der Waals surface area contributed by atoms with Crippen LogP contribution in [0.3, 0.4) is 0 Å². The third-order valence-corrected chi connectivity index (χ3v) is 7.22. The van der Waals surface area contributed by atoms with Gasteiger partial charge in [0.25, 0.3) is 5.56 Å². The lowest BCUT2D eigenvalue weighted by molar-refractivity contribution is -0.136. The smallest absolute Gasteiger partial charge is 0.338 e. The van der Waals surface area contributed by atoms with E-state index in [2.05, 4.69) is 37.9 Å². The van der Waals surface area contributed by atoms with Crippen LogP contribution in [0.1, 0.15) is 49.7 Å². The molecule has 31 heavy (non-hydrogen) atoms. The molecule has 0 N–H and O–H groups in total. The van der Waals surface area contributed by atoms with E-state index in [1.807, 2.05) is 35.7 Å². The number of esters is 1. The predicted octanol–water partition coefficient (Wildman–Crippen LogP) is 3.77. The first-order valence-electron chi connectivity index (χ1n) is 9.95. The van der Waals surface area contributed by atoms with Crippen molar-refractivity contribution in [1.29, 1.82) is 0 Å². The number of carbonyl (C=O) groups excluding carboxylic acids is 1. The number of carbonyl (C=O) groups is 1. The van der Waals surface area contributed by atoms with Gasteiger partial charge in [-0.2, -0.15) is 0 Å². The van der Waals surface area contributed by atoms with Gasteiger partial charge >= 0.3 is 5.97 Å². The third-order valence-electron chi connectivity index (χ3n) is 5.31. The van der Waals surface area contributed by atoms with Gasteiger partial charge in [0.2, 0.25) is 0 Å². The molecule has 160 valence electrons. The molecule has 1 aromatic carbocycles. The number of hydrogen-bond acceptors (Lipinski definition) is 6. The minimum Gasteiger partial charge on any atom is -0.466 e. The summed E-state index contributed by atoms with van der Waals surface area (Å²) in [5.41, 5.74) is 3.08. The van der Waals surface area contributed by atoms with Crippen molar-refractivity contribution in [3.63, 3.8) is 0 Å². The van der Waals surface area contributed by atoms with Gasteiger partial charge in [-0.15, -0.1) is 11.3 Å². The Morgan fingerprint density at radius 2 is 1.90 bits per heavy atom. The molecular formula is C24H24N2O3S2. The summed E-state index contributed by atoms with van der Waals surface area (Å²) in [5.74, 6) is -0.466. The zero-order chi connectivity index (χ0) is 22.3. The Bertz CT molecular complexity index is 1340. The molecule has 0 aliphatic carbocycles. The molecule has 0 saturated heterocycles. The molecule has 5 nitrogen and oxygen atoms in total. The van der Waals surface area contributed by atoms with Gasteiger partial charge in [0.15, 0.2) is 4.80 Å². The summed E-state index contributed by atoms with van der Waals surface area (Å²) in [7, 11) is 1.35. The molecule has 0 unspecified atom stereocenters.